The molecule has 5 nitrogen and oxygen atoms in total. The van der Waals surface area contributed by atoms with Gasteiger partial charge in [-0.1, -0.05) is 6.92 Å². The minimum absolute atomic E-state index is 0.571. The quantitative estimate of drug-likeness (QED) is 0.769. The minimum Gasteiger partial charge on any atom is -0.476 e. The van der Waals surface area contributed by atoms with Crippen LogP contribution < -0.4 is 10.5 Å². The van der Waals surface area contributed by atoms with Crippen LogP contribution in [0.2, 0.25) is 0 Å². The zero-order valence-corrected chi connectivity index (χ0v) is 7.95. The van der Waals surface area contributed by atoms with E-state index in [1.807, 2.05) is 6.92 Å². The highest BCUT2D eigenvalue weighted by Crippen LogP contribution is 2.22. The number of H-pyrrole nitrogens is 1. The lowest BCUT2D eigenvalue weighted by Crippen LogP contribution is -1.95. The molecule has 0 fully saturated rings. The van der Waals surface area contributed by atoms with Crippen molar-refractivity contribution in [3.63, 3.8) is 0 Å². The van der Waals surface area contributed by atoms with E-state index in [0.717, 1.165) is 11.8 Å². The van der Waals surface area contributed by atoms with Gasteiger partial charge in [0.25, 0.3) is 0 Å². The number of aromatic amines is 1. The Kier molecular flexibility index (Phi) is 2.22. The Hall–Kier alpha value is -1.78. The van der Waals surface area contributed by atoms with Gasteiger partial charge in [-0.2, -0.15) is 0 Å². The highest BCUT2D eigenvalue weighted by atomic mass is 16.5. The fraction of sp³-hybridized carbons (Fsp3) is 0.333. The molecule has 0 aliphatic carbocycles. The van der Waals surface area contributed by atoms with Crippen LogP contribution in [0.4, 0.5) is 5.69 Å². The molecule has 0 saturated carbocycles. The van der Waals surface area contributed by atoms with E-state index >= 15 is 0 Å². The number of hydrogen-bond donors (Lipinski definition) is 2. The van der Waals surface area contributed by atoms with E-state index in [9.17, 15) is 0 Å². The van der Waals surface area contributed by atoms with E-state index in [0.29, 0.717) is 23.8 Å². The Morgan fingerprint density at radius 2 is 2.43 bits per heavy atom. The summed E-state index contributed by atoms with van der Waals surface area (Å²) in [5.74, 6) is 0.571. The third-order valence-corrected chi connectivity index (χ3v) is 1.85. The summed E-state index contributed by atoms with van der Waals surface area (Å²) >= 11 is 0. The van der Waals surface area contributed by atoms with Gasteiger partial charge in [0.2, 0.25) is 5.88 Å². The molecule has 0 amide bonds. The van der Waals surface area contributed by atoms with Crippen molar-refractivity contribution in [2.75, 3.05) is 12.3 Å². The number of anilines is 1. The number of nitrogens with zero attached hydrogens (tertiary/aromatic N) is 2. The number of nitrogen functional groups attached to an aromatic ring is 1. The molecule has 0 unspecified atom stereocenters. The molecule has 14 heavy (non-hydrogen) atoms. The Bertz CT molecular complexity index is 437. The average molecular weight is 192 g/mol. The van der Waals surface area contributed by atoms with E-state index in [4.69, 9.17) is 10.5 Å². The van der Waals surface area contributed by atoms with Gasteiger partial charge in [0.05, 0.1) is 23.9 Å². The molecule has 74 valence electrons. The summed E-state index contributed by atoms with van der Waals surface area (Å²) in [6, 6.07) is 1.80. The summed E-state index contributed by atoms with van der Waals surface area (Å²) in [7, 11) is 0. The number of hydrogen-bond acceptors (Lipinski definition) is 4. The molecule has 2 aromatic rings. The maximum atomic E-state index is 5.62. The number of aromatic nitrogens is 3. The highest BCUT2D eigenvalue weighted by Gasteiger charge is 2.07. The zero-order valence-electron chi connectivity index (χ0n) is 7.95. The van der Waals surface area contributed by atoms with Gasteiger partial charge in [0.1, 0.15) is 0 Å². The molecule has 2 aromatic heterocycles. The third-order valence-electron chi connectivity index (χ3n) is 1.85. The van der Waals surface area contributed by atoms with Gasteiger partial charge in [-0.05, 0) is 12.5 Å². The minimum atomic E-state index is 0.571. The van der Waals surface area contributed by atoms with Crippen LogP contribution in [-0.4, -0.2) is 21.8 Å². The van der Waals surface area contributed by atoms with Crippen molar-refractivity contribution < 1.29 is 4.74 Å². The molecule has 2 heterocycles. The lowest BCUT2D eigenvalue weighted by molar-refractivity contribution is 0.308. The molecule has 0 atom stereocenters. The second-order valence-electron chi connectivity index (χ2n) is 3.04. The van der Waals surface area contributed by atoms with E-state index in [1.54, 1.807) is 12.3 Å². The fourth-order valence-electron chi connectivity index (χ4n) is 1.21. The van der Waals surface area contributed by atoms with Crippen molar-refractivity contribution in [2.45, 2.75) is 13.3 Å². The van der Waals surface area contributed by atoms with Gasteiger partial charge in [-0.3, -0.25) is 5.10 Å². The van der Waals surface area contributed by atoms with E-state index < -0.39 is 0 Å². The Morgan fingerprint density at radius 3 is 3.21 bits per heavy atom. The Labute approximate surface area is 81.3 Å². The molecule has 2 rings (SSSR count). The lowest BCUT2D eigenvalue weighted by Gasteiger charge is -1.99. The van der Waals surface area contributed by atoms with Crippen LogP contribution in [0.15, 0.2) is 12.3 Å². The molecular formula is C9H12N4O. The summed E-state index contributed by atoms with van der Waals surface area (Å²) in [6.07, 6.45) is 2.54. The average Bonchev–Trinajstić information content (AvgIpc) is 2.57. The first-order valence-corrected chi connectivity index (χ1v) is 4.53. The molecule has 0 radical (unpaired) electrons. The SMILES string of the molecule is CCCOc1n[nH]c2ncc(N)cc12. The number of nitrogens with two attached hydrogens (primary N) is 1. The first-order chi connectivity index (χ1) is 6.81. The summed E-state index contributed by atoms with van der Waals surface area (Å²) in [5.41, 5.74) is 6.93. The molecule has 0 bridgehead atoms. The predicted molar refractivity (Wildman–Crippen MR) is 54.1 cm³/mol. The van der Waals surface area contributed by atoms with Gasteiger partial charge in [-0.25, -0.2) is 4.98 Å². The summed E-state index contributed by atoms with van der Waals surface area (Å²) in [5, 5.41) is 7.62. The molecule has 0 spiro atoms. The first-order valence-electron chi connectivity index (χ1n) is 4.53. The largest absolute Gasteiger partial charge is 0.476 e. The number of rotatable bonds is 3. The van der Waals surface area contributed by atoms with Crippen LogP contribution in [0.3, 0.4) is 0 Å². The van der Waals surface area contributed by atoms with Gasteiger partial charge in [-0.15, -0.1) is 5.10 Å². The summed E-state index contributed by atoms with van der Waals surface area (Å²) in [6.45, 7) is 2.69. The molecule has 0 saturated heterocycles. The first kappa shape index (κ1) is 8.80. The summed E-state index contributed by atoms with van der Waals surface area (Å²) in [4.78, 5) is 4.09. The van der Waals surface area contributed by atoms with Crippen molar-refractivity contribution >= 4 is 16.7 Å². The van der Waals surface area contributed by atoms with Gasteiger partial charge >= 0.3 is 0 Å². The molecule has 3 N–H and O–H groups in total. The molecule has 0 aromatic carbocycles. The van der Waals surface area contributed by atoms with Crippen molar-refractivity contribution in [1.29, 1.82) is 0 Å². The van der Waals surface area contributed by atoms with Crippen molar-refractivity contribution in [3.05, 3.63) is 12.3 Å². The van der Waals surface area contributed by atoms with Crippen molar-refractivity contribution in [3.8, 4) is 5.88 Å². The van der Waals surface area contributed by atoms with Gasteiger partial charge < -0.3 is 10.5 Å². The van der Waals surface area contributed by atoms with Crippen molar-refractivity contribution in [2.24, 2.45) is 0 Å². The Balaban J connectivity index is 2.40. The normalized spacial score (nSPS) is 10.6. The second-order valence-corrected chi connectivity index (χ2v) is 3.04. The zero-order chi connectivity index (χ0) is 9.97. The van der Waals surface area contributed by atoms with Crippen LogP contribution in [0.5, 0.6) is 5.88 Å². The van der Waals surface area contributed by atoms with Gasteiger partial charge in [0, 0.05) is 0 Å². The molecule has 5 heteroatoms. The number of pyridine rings is 1. The smallest absolute Gasteiger partial charge is 0.242 e. The van der Waals surface area contributed by atoms with E-state index in [-0.39, 0.29) is 0 Å². The topological polar surface area (TPSA) is 76.8 Å². The van der Waals surface area contributed by atoms with Crippen molar-refractivity contribution in [1.82, 2.24) is 15.2 Å². The lowest BCUT2D eigenvalue weighted by atomic mass is 10.3. The molecular weight excluding hydrogens is 180 g/mol. The molecule has 0 aliphatic rings. The maximum Gasteiger partial charge on any atom is 0.242 e. The van der Waals surface area contributed by atoms with Crippen LogP contribution in [-0.2, 0) is 0 Å². The number of ether oxygens (including phenoxy) is 1. The molecule has 0 aliphatic heterocycles. The van der Waals surface area contributed by atoms with Crippen LogP contribution in [0.25, 0.3) is 11.0 Å². The predicted octanol–water partition coefficient (Wildman–Crippen LogP) is 1.33. The fourth-order valence-corrected chi connectivity index (χ4v) is 1.21. The van der Waals surface area contributed by atoms with Gasteiger partial charge in [0.15, 0.2) is 5.65 Å². The van der Waals surface area contributed by atoms with E-state index in [2.05, 4.69) is 15.2 Å². The van der Waals surface area contributed by atoms with Crippen LogP contribution in [0.1, 0.15) is 13.3 Å². The maximum absolute atomic E-state index is 5.62. The van der Waals surface area contributed by atoms with Crippen LogP contribution >= 0.6 is 0 Å². The monoisotopic (exact) mass is 192 g/mol. The number of nitrogens with one attached hydrogen (secondary N) is 1. The second kappa shape index (κ2) is 3.53. The third kappa shape index (κ3) is 1.48. The van der Waals surface area contributed by atoms with E-state index in [1.165, 1.54) is 0 Å². The van der Waals surface area contributed by atoms with Crippen LogP contribution in [0, 0.1) is 0 Å². The standard InChI is InChI=1S/C9H12N4O/c1-2-3-14-9-7-4-6(10)5-11-8(7)12-13-9/h4-5H,2-3,10H2,1H3,(H,11,12,13). The summed E-state index contributed by atoms with van der Waals surface area (Å²) < 4.78 is 5.43. The highest BCUT2D eigenvalue weighted by molar-refractivity contribution is 5.83. The number of fused-ring (bicyclic) bond motifs is 1. The Morgan fingerprint density at radius 1 is 1.57 bits per heavy atom.